The van der Waals surface area contributed by atoms with E-state index in [1.807, 2.05) is 52.0 Å². The molecule has 0 radical (unpaired) electrons. The lowest BCUT2D eigenvalue weighted by Crippen LogP contribution is -2.52. The predicted molar refractivity (Wildman–Crippen MR) is 161 cm³/mol. The minimum atomic E-state index is -4.25. The van der Waals surface area contributed by atoms with E-state index in [-0.39, 0.29) is 39.1 Å². The fourth-order valence-corrected chi connectivity index (χ4v) is 5.94. The van der Waals surface area contributed by atoms with Gasteiger partial charge in [-0.15, -0.1) is 0 Å². The van der Waals surface area contributed by atoms with Crippen LogP contribution in [0, 0.1) is 13.8 Å². The van der Waals surface area contributed by atoms with Crippen LogP contribution >= 0.6 is 23.2 Å². The second-order valence-corrected chi connectivity index (χ2v) is 12.6. The molecule has 2 atom stereocenters. The van der Waals surface area contributed by atoms with Crippen LogP contribution in [0.3, 0.4) is 0 Å². The van der Waals surface area contributed by atoms with Crippen LogP contribution in [-0.2, 0) is 26.2 Å². The van der Waals surface area contributed by atoms with Crippen molar-refractivity contribution in [3.63, 3.8) is 0 Å². The molecule has 3 aromatic rings. The van der Waals surface area contributed by atoms with Gasteiger partial charge in [0, 0.05) is 17.6 Å². The topological polar surface area (TPSA) is 86.8 Å². The van der Waals surface area contributed by atoms with E-state index in [4.69, 9.17) is 23.2 Å². The van der Waals surface area contributed by atoms with E-state index in [9.17, 15) is 18.0 Å². The lowest BCUT2D eigenvalue weighted by molar-refractivity contribution is -0.139. The van der Waals surface area contributed by atoms with E-state index < -0.39 is 28.5 Å². The molecule has 214 valence electrons. The highest BCUT2D eigenvalue weighted by Gasteiger charge is 2.33. The summed E-state index contributed by atoms with van der Waals surface area (Å²) >= 11 is 12.7. The summed E-state index contributed by atoms with van der Waals surface area (Å²) in [4.78, 5) is 28.5. The maximum Gasteiger partial charge on any atom is 0.264 e. The van der Waals surface area contributed by atoms with E-state index in [1.54, 1.807) is 19.1 Å². The molecule has 0 fully saturated rings. The maximum atomic E-state index is 14.0. The molecule has 0 aliphatic rings. The Hall–Kier alpha value is -3.07. The van der Waals surface area contributed by atoms with Crippen molar-refractivity contribution in [1.82, 2.24) is 10.2 Å². The molecule has 0 saturated carbocycles. The SMILES string of the molecule is CCC(C)NC(=O)C(C)N(Cc1cccc(C)c1)C(=O)CN(c1cc(Cl)ccc1Cl)S(=O)(=O)c1ccc(C)cc1. The van der Waals surface area contributed by atoms with Gasteiger partial charge in [-0.3, -0.25) is 13.9 Å². The van der Waals surface area contributed by atoms with Gasteiger partial charge >= 0.3 is 0 Å². The molecule has 0 aromatic heterocycles. The number of anilines is 1. The van der Waals surface area contributed by atoms with Crippen molar-refractivity contribution in [2.24, 2.45) is 0 Å². The van der Waals surface area contributed by atoms with Crippen LogP contribution in [-0.4, -0.2) is 43.8 Å². The van der Waals surface area contributed by atoms with Crippen molar-refractivity contribution in [2.45, 2.75) is 64.6 Å². The first-order chi connectivity index (χ1) is 18.8. The summed E-state index contributed by atoms with van der Waals surface area (Å²) in [6, 6.07) is 17.4. The fourth-order valence-electron chi connectivity index (χ4n) is 4.08. The van der Waals surface area contributed by atoms with Gasteiger partial charge in [-0.2, -0.15) is 0 Å². The third-order valence-corrected chi connectivity index (χ3v) is 9.00. The summed E-state index contributed by atoms with van der Waals surface area (Å²) < 4.78 is 28.8. The molecule has 0 aliphatic heterocycles. The number of carbonyl (C=O) groups excluding carboxylic acids is 2. The van der Waals surface area contributed by atoms with Crippen molar-refractivity contribution < 1.29 is 18.0 Å². The Balaban J connectivity index is 2.07. The van der Waals surface area contributed by atoms with E-state index in [1.165, 1.54) is 35.2 Å². The number of sulfonamides is 1. The molecule has 0 heterocycles. The number of halogens is 2. The summed E-state index contributed by atoms with van der Waals surface area (Å²) in [7, 11) is -4.25. The highest BCUT2D eigenvalue weighted by atomic mass is 35.5. The Labute approximate surface area is 247 Å². The quantitative estimate of drug-likeness (QED) is 0.285. The van der Waals surface area contributed by atoms with Gasteiger partial charge in [-0.25, -0.2) is 8.42 Å². The first-order valence-electron chi connectivity index (χ1n) is 13.0. The monoisotopic (exact) mass is 603 g/mol. The molecule has 0 bridgehead atoms. The minimum Gasteiger partial charge on any atom is -0.352 e. The number of hydrogen-bond donors (Lipinski definition) is 1. The van der Waals surface area contributed by atoms with E-state index in [2.05, 4.69) is 5.32 Å². The second kappa shape index (κ2) is 13.5. The Morgan fingerprint density at radius 2 is 1.60 bits per heavy atom. The second-order valence-electron chi connectivity index (χ2n) is 9.93. The number of aryl methyl sites for hydroxylation is 2. The third-order valence-electron chi connectivity index (χ3n) is 6.67. The zero-order valence-electron chi connectivity index (χ0n) is 23.3. The van der Waals surface area contributed by atoms with E-state index in [0.717, 1.165) is 27.4 Å². The van der Waals surface area contributed by atoms with Crippen molar-refractivity contribution in [3.05, 3.63) is 93.5 Å². The summed E-state index contributed by atoms with van der Waals surface area (Å²) in [5.74, 6) is -0.899. The molecule has 1 N–H and O–H groups in total. The van der Waals surface area contributed by atoms with Crippen LogP contribution in [0.1, 0.15) is 43.9 Å². The zero-order valence-corrected chi connectivity index (χ0v) is 25.6. The predicted octanol–water partition coefficient (Wildman–Crippen LogP) is 6.14. The number of amides is 2. The normalized spacial score (nSPS) is 12.9. The summed E-state index contributed by atoms with van der Waals surface area (Å²) in [6.45, 7) is 8.77. The van der Waals surface area contributed by atoms with Crippen LogP contribution < -0.4 is 9.62 Å². The van der Waals surface area contributed by atoms with Crippen molar-refractivity contribution >= 4 is 50.7 Å². The van der Waals surface area contributed by atoms with Gasteiger partial charge in [-0.05, 0) is 70.0 Å². The molecule has 40 heavy (non-hydrogen) atoms. The van der Waals surface area contributed by atoms with Crippen LogP contribution in [0.15, 0.2) is 71.6 Å². The molecule has 3 rings (SSSR count). The number of carbonyl (C=O) groups is 2. The Kier molecular flexibility index (Phi) is 10.6. The van der Waals surface area contributed by atoms with Gasteiger partial charge in [0.05, 0.1) is 15.6 Å². The number of nitrogens with zero attached hydrogens (tertiary/aromatic N) is 2. The summed E-state index contributed by atoms with van der Waals surface area (Å²) in [6.07, 6.45) is 0.722. The van der Waals surface area contributed by atoms with Crippen molar-refractivity contribution in [2.75, 3.05) is 10.8 Å². The molecular formula is C30H35Cl2N3O4S. The molecule has 10 heteroatoms. The van der Waals surface area contributed by atoms with Crippen molar-refractivity contribution in [1.29, 1.82) is 0 Å². The van der Waals surface area contributed by atoms with Gasteiger partial charge in [0.1, 0.15) is 12.6 Å². The van der Waals surface area contributed by atoms with Gasteiger partial charge in [0.25, 0.3) is 10.0 Å². The first-order valence-corrected chi connectivity index (χ1v) is 15.2. The smallest absolute Gasteiger partial charge is 0.264 e. The average Bonchev–Trinajstić information content (AvgIpc) is 2.91. The van der Waals surface area contributed by atoms with Gasteiger partial charge in [0.15, 0.2) is 0 Å². The Morgan fingerprint density at radius 1 is 0.925 bits per heavy atom. The van der Waals surface area contributed by atoms with Crippen LogP contribution in [0.4, 0.5) is 5.69 Å². The molecule has 7 nitrogen and oxygen atoms in total. The number of benzene rings is 3. The number of rotatable bonds is 11. The van der Waals surface area contributed by atoms with Gasteiger partial charge in [-0.1, -0.05) is 77.7 Å². The molecule has 2 unspecified atom stereocenters. The highest BCUT2D eigenvalue weighted by molar-refractivity contribution is 7.92. The number of nitrogens with one attached hydrogen (secondary N) is 1. The van der Waals surface area contributed by atoms with Crippen LogP contribution in [0.5, 0.6) is 0 Å². The highest BCUT2D eigenvalue weighted by Crippen LogP contribution is 2.33. The Morgan fingerprint density at radius 3 is 2.23 bits per heavy atom. The fraction of sp³-hybridized carbons (Fsp3) is 0.333. The zero-order chi connectivity index (χ0) is 29.6. The molecule has 0 saturated heterocycles. The molecule has 0 aliphatic carbocycles. The third kappa shape index (κ3) is 7.77. The minimum absolute atomic E-state index is 0.00487. The average molecular weight is 605 g/mol. The molecule has 2 amide bonds. The van der Waals surface area contributed by atoms with Gasteiger partial charge in [0.2, 0.25) is 11.8 Å². The summed E-state index contributed by atoms with van der Waals surface area (Å²) in [5, 5.41) is 3.29. The van der Waals surface area contributed by atoms with E-state index in [0.29, 0.717) is 0 Å². The van der Waals surface area contributed by atoms with Crippen molar-refractivity contribution in [3.8, 4) is 0 Å². The van der Waals surface area contributed by atoms with E-state index >= 15 is 0 Å². The lowest BCUT2D eigenvalue weighted by atomic mass is 10.1. The largest absolute Gasteiger partial charge is 0.352 e. The van der Waals surface area contributed by atoms with Gasteiger partial charge < -0.3 is 10.2 Å². The molecule has 3 aromatic carbocycles. The maximum absolute atomic E-state index is 14.0. The molecular weight excluding hydrogens is 569 g/mol. The first kappa shape index (κ1) is 31.5. The standard InChI is InChI=1S/C30H35Cl2N3O4S/c1-6-22(4)33-30(37)23(5)34(18-24-9-7-8-21(3)16-24)29(36)19-35(28-17-25(31)12-15-27(28)32)40(38,39)26-13-10-20(2)11-14-26/h7-17,22-23H,6,18-19H2,1-5H3,(H,33,37). The Bertz CT molecular complexity index is 1460. The summed E-state index contributed by atoms with van der Waals surface area (Å²) in [5.41, 5.74) is 2.75. The molecule has 0 spiro atoms. The van der Waals surface area contributed by atoms with Crippen LogP contribution in [0.2, 0.25) is 10.0 Å². The lowest BCUT2D eigenvalue weighted by Gasteiger charge is -2.32. The number of hydrogen-bond acceptors (Lipinski definition) is 4. The van der Waals surface area contributed by atoms with Crippen LogP contribution in [0.25, 0.3) is 0 Å².